The highest BCUT2D eigenvalue weighted by Crippen LogP contribution is 2.37. The lowest BCUT2D eigenvalue weighted by Crippen LogP contribution is -2.38. The molecule has 1 N–H and O–H groups in total. The average molecular weight is 563 g/mol. The van der Waals surface area contributed by atoms with Crippen molar-refractivity contribution in [1.82, 2.24) is 13.7 Å². The first-order chi connectivity index (χ1) is 18.0. The van der Waals surface area contributed by atoms with Gasteiger partial charge in [0.15, 0.2) is 5.65 Å². The summed E-state index contributed by atoms with van der Waals surface area (Å²) in [6, 6.07) is 8.28. The minimum Gasteiger partial charge on any atom is -0.462 e. The molecule has 0 radical (unpaired) electrons. The number of fused-ring (bicyclic) bond motifs is 1. The third-order valence-corrected chi connectivity index (χ3v) is 10.4. The topological polar surface area (TPSA) is 128 Å². The van der Waals surface area contributed by atoms with Crippen molar-refractivity contribution in [2.75, 3.05) is 31.4 Å². The van der Waals surface area contributed by atoms with E-state index in [1.165, 1.54) is 19.4 Å². The molecule has 0 atom stereocenters. The van der Waals surface area contributed by atoms with E-state index in [0.29, 0.717) is 11.1 Å². The van der Waals surface area contributed by atoms with Gasteiger partial charge in [-0.15, -0.1) is 0 Å². The molecule has 0 aliphatic heterocycles. The lowest BCUT2D eigenvalue weighted by atomic mass is 9.86. The summed E-state index contributed by atoms with van der Waals surface area (Å²) in [5.41, 5.74) is 1.97. The predicted molar refractivity (Wildman–Crippen MR) is 146 cm³/mol. The normalized spacial score (nSPS) is 18.4. The molecule has 1 aromatic carbocycles. The first-order valence-electron chi connectivity index (χ1n) is 12.6. The number of nitrogens with zero attached hydrogens (tertiary/aromatic N) is 3. The molecule has 0 unspecified atom stereocenters. The van der Waals surface area contributed by atoms with Gasteiger partial charge in [-0.2, -0.15) is 0 Å². The predicted octanol–water partition coefficient (Wildman–Crippen LogP) is 3.30. The average Bonchev–Trinajstić information content (AvgIpc) is 3.33. The fourth-order valence-electron chi connectivity index (χ4n) is 5.08. The van der Waals surface area contributed by atoms with E-state index in [4.69, 9.17) is 4.74 Å². The fraction of sp³-hybridized carbons (Fsp3) is 0.462. The van der Waals surface area contributed by atoms with Crippen molar-refractivity contribution in [2.45, 2.75) is 50.5 Å². The molecule has 1 aliphatic carbocycles. The van der Waals surface area contributed by atoms with E-state index in [2.05, 4.69) is 9.71 Å². The maximum absolute atomic E-state index is 13.5. The first kappa shape index (κ1) is 28.1. The zero-order valence-electron chi connectivity index (χ0n) is 22.0. The maximum atomic E-state index is 13.5. The SMILES string of the molecule is CCOC(=O)c1cnc2c(ccn2S(=O)(=O)c2ccc(C)cc2)c1N(C)[C@H]1CC[C@H](CS(=O)(=O)NC)CC1. The van der Waals surface area contributed by atoms with Gasteiger partial charge in [-0.25, -0.2) is 35.3 Å². The molecule has 0 saturated heterocycles. The molecule has 1 fully saturated rings. The summed E-state index contributed by atoms with van der Waals surface area (Å²) in [7, 11) is -3.92. The Morgan fingerprint density at radius 3 is 2.37 bits per heavy atom. The van der Waals surface area contributed by atoms with E-state index >= 15 is 0 Å². The highest BCUT2D eigenvalue weighted by molar-refractivity contribution is 7.90. The number of esters is 1. The van der Waals surface area contributed by atoms with Crippen LogP contribution in [0.4, 0.5) is 5.69 Å². The van der Waals surface area contributed by atoms with Crippen LogP contribution in [0.15, 0.2) is 47.6 Å². The van der Waals surface area contributed by atoms with Crippen LogP contribution in [0.2, 0.25) is 0 Å². The molecule has 38 heavy (non-hydrogen) atoms. The quantitative estimate of drug-likeness (QED) is 0.394. The van der Waals surface area contributed by atoms with Gasteiger partial charge < -0.3 is 9.64 Å². The second-order valence-electron chi connectivity index (χ2n) is 9.68. The van der Waals surface area contributed by atoms with Gasteiger partial charge in [0.25, 0.3) is 10.0 Å². The monoisotopic (exact) mass is 562 g/mol. The Balaban J connectivity index is 1.73. The standard InChI is InChI=1S/C26H34N4O6S2/c1-5-36-26(31)23-16-28-25-22(14-15-30(25)38(34,35)21-12-6-18(2)7-13-21)24(23)29(4)20-10-8-19(9-11-20)17-37(32,33)27-3/h6-7,12-16,19-20,27H,5,8-11,17H2,1-4H3/t19-,20-. The molecule has 1 saturated carbocycles. The Bertz CT molecular complexity index is 1520. The number of rotatable bonds is 9. The lowest BCUT2D eigenvalue weighted by molar-refractivity contribution is 0.0526. The fourth-order valence-corrected chi connectivity index (χ4v) is 7.50. The van der Waals surface area contributed by atoms with Crippen LogP contribution < -0.4 is 9.62 Å². The summed E-state index contributed by atoms with van der Waals surface area (Å²) in [6.07, 6.45) is 5.74. The number of hydrogen-bond donors (Lipinski definition) is 1. The molecule has 0 spiro atoms. The number of sulfonamides is 1. The van der Waals surface area contributed by atoms with Crippen LogP contribution in [-0.2, 0) is 24.8 Å². The van der Waals surface area contributed by atoms with Crippen LogP contribution >= 0.6 is 0 Å². The van der Waals surface area contributed by atoms with Crippen LogP contribution in [0.1, 0.15) is 48.5 Å². The number of aryl methyl sites for hydroxylation is 1. The van der Waals surface area contributed by atoms with Crippen molar-refractivity contribution < 1.29 is 26.4 Å². The van der Waals surface area contributed by atoms with Gasteiger partial charge >= 0.3 is 5.97 Å². The van der Waals surface area contributed by atoms with Crippen molar-refractivity contribution in [3.8, 4) is 0 Å². The van der Waals surface area contributed by atoms with E-state index in [1.807, 2.05) is 18.9 Å². The summed E-state index contributed by atoms with van der Waals surface area (Å²) in [6.45, 7) is 3.79. The number of benzene rings is 1. The van der Waals surface area contributed by atoms with Crippen LogP contribution in [0.5, 0.6) is 0 Å². The number of carbonyl (C=O) groups is 1. The van der Waals surface area contributed by atoms with E-state index in [9.17, 15) is 21.6 Å². The van der Waals surface area contributed by atoms with Gasteiger partial charge in [0, 0.05) is 30.9 Å². The second-order valence-corrected chi connectivity index (χ2v) is 13.5. The summed E-state index contributed by atoms with van der Waals surface area (Å²) in [5.74, 6) is -0.390. The Morgan fingerprint density at radius 1 is 1.11 bits per heavy atom. The maximum Gasteiger partial charge on any atom is 0.341 e. The van der Waals surface area contributed by atoms with Crippen molar-refractivity contribution in [3.63, 3.8) is 0 Å². The Kier molecular flexibility index (Phi) is 8.15. The number of pyridine rings is 1. The molecule has 0 bridgehead atoms. The Hall–Kier alpha value is -2.96. The molecule has 2 heterocycles. The molecule has 0 amide bonds. The Labute approximate surface area is 224 Å². The van der Waals surface area contributed by atoms with Crippen LogP contribution in [0.25, 0.3) is 11.0 Å². The summed E-state index contributed by atoms with van der Waals surface area (Å²) < 4.78 is 59.7. The number of anilines is 1. The molecule has 2 aromatic heterocycles. The molecule has 10 nitrogen and oxygen atoms in total. The van der Waals surface area contributed by atoms with E-state index in [0.717, 1.165) is 35.2 Å². The van der Waals surface area contributed by atoms with Gasteiger partial charge in [-0.05, 0) is 70.7 Å². The van der Waals surface area contributed by atoms with Gasteiger partial charge in [-0.1, -0.05) is 17.7 Å². The molecule has 4 rings (SSSR count). The summed E-state index contributed by atoms with van der Waals surface area (Å²) in [4.78, 5) is 19.4. The largest absolute Gasteiger partial charge is 0.462 e. The van der Waals surface area contributed by atoms with Crippen LogP contribution in [0.3, 0.4) is 0 Å². The molecular formula is C26H34N4O6S2. The smallest absolute Gasteiger partial charge is 0.341 e. The first-order valence-corrected chi connectivity index (χ1v) is 15.7. The van der Waals surface area contributed by atoms with Crippen molar-refractivity contribution in [1.29, 1.82) is 0 Å². The number of ether oxygens (including phenoxy) is 1. The van der Waals surface area contributed by atoms with Gasteiger partial charge in [-0.3, -0.25) is 0 Å². The van der Waals surface area contributed by atoms with Crippen LogP contribution in [0, 0.1) is 12.8 Å². The molecule has 3 aromatic rings. The molecular weight excluding hydrogens is 528 g/mol. The summed E-state index contributed by atoms with van der Waals surface area (Å²) in [5, 5.41) is 0.522. The van der Waals surface area contributed by atoms with Crippen molar-refractivity contribution in [2.24, 2.45) is 5.92 Å². The third kappa shape index (κ3) is 5.57. The third-order valence-electron chi connectivity index (χ3n) is 7.21. The molecule has 12 heteroatoms. The minimum atomic E-state index is -3.92. The number of carbonyl (C=O) groups excluding carboxylic acids is 1. The summed E-state index contributed by atoms with van der Waals surface area (Å²) >= 11 is 0. The van der Waals surface area contributed by atoms with Gasteiger partial charge in [0.1, 0.15) is 5.56 Å². The van der Waals surface area contributed by atoms with E-state index < -0.39 is 26.0 Å². The molecule has 206 valence electrons. The highest BCUT2D eigenvalue weighted by Gasteiger charge is 2.31. The van der Waals surface area contributed by atoms with Gasteiger partial charge in [0.2, 0.25) is 10.0 Å². The molecule has 1 aliphatic rings. The van der Waals surface area contributed by atoms with Crippen LogP contribution in [-0.4, -0.2) is 64.3 Å². The zero-order chi connectivity index (χ0) is 27.7. The van der Waals surface area contributed by atoms with Crippen molar-refractivity contribution >= 4 is 42.7 Å². The minimum absolute atomic E-state index is 0.0272. The Morgan fingerprint density at radius 2 is 1.76 bits per heavy atom. The lowest BCUT2D eigenvalue weighted by Gasteiger charge is -2.36. The zero-order valence-corrected chi connectivity index (χ0v) is 23.7. The van der Waals surface area contributed by atoms with E-state index in [-0.39, 0.29) is 40.4 Å². The van der Waals surface area contributed by atoms with Gasteiger partial charge in [0.05, 0.1) is 22.9 Å². The number of nitrogens with one attached hydrogen (secondary N) is 1. The van der Waals surface area contributed by atoms with E-state index in [1.54, 1.807) is 37.3 Å². The number of hydrogen-bond acceptors (Lipinski definition) is 8. The highest BCUT2D eigenvalue weighted by atomic mass is 32.2. The second kappa shape index (κ2) is 11.0. The van der Waals surface area contributed by atoms with Crippen molar-refractivity contribution in [3.05, 3.63) is 53.9 Å². The number of aromatic nitrogens is 2.